The predicted octanol–water partition coefficient (Wildman–Crippen LogP) is 4.24. The van der Waals surface area contributed by atoms with Crippen LogP contribution in [-0.2, 0) is 10.4 Å². The Morgan fingerprint density at radius 2 is 1.71 bits per heavy atom. The number of para-hydroxylation sites is 1. The maximum Gasteiger partial charge on any atom is 0.264 e. The lowest BCUT2D eigenvalue weighted by atomic mass is 9.88. The third-order valence-electron chi connectivity index (χ3n) is 5.76. The minimum atomic E-state index is -1.99. The monoisotopic (exact) mass is 481 g/mol. The summed E-state index contributed by atoms with van der Waals surface area (Å²) in [4.78, 5) is 27.9. The van der Waals surface area contributed by atoms with Crippen LogP contribution >= 0.6 is 11.6 Å². The van der Waals surface area contributed by atoms with Gasteiger partial charge < -0.3 is 24.2 Å². The van der Waals surface area contributed by atoms with Crippen LogP contribution in [0.3, 0.4) is 0 Å². The number of anilines is 1. The van der Waals surface area contributed by atoms with Gasteiger partial charge in [0, 0.05) is 16.1 Å². The number of carbonyl (C=O) groups excluding carboxylic acids is 2. The van der Waals surface area contributed by atoms with E-state index in [0.717, 1.165) is 0 Å². The van der Waals surface area contributed by atoms with Crippen LogP contribution in [0.2, 0.25) is 5.02 Å². The SMILES string of the molecule is COc1ccc(C(=O)CC2(O)C(=O)N(CCOc3ccc(Cl)cc3)c3ccccc32)cc1OC. The van der Waals surface area contributed by atoms with Gasteiger partial charge in [0.25, 0.3) is 5.91 Å². The lowest BCUT2D eigenvalue weighted by Gasteiger charge is -2.23. The summed E-state index contributed by atoms with van der Waals surface area (Å²) >= 11 is 5.90. The number of ether oxygens (including phenoxy) is 3. The fraction of sp³-hybridized carbons (Fsp3) is 0.231. The highest BCUT2D eigenvalue weighted by molar-refractivity contribution is 6.30. The number of Topliss-reactive ketones (excluding diaryl/α,β-unsaturated/α-hetero) is 1. The van der Waals surface area contributed by atoms with Gasteiger partial charge in [-0.2, -0.15) is 0 Å². The van der Waals surface area contributed by atoms with Gasteiger partial charge in [-0.15, -0.1) is 0 Å². The van der Waals surface area contributed by atoms with Crippen molar-refractivity contribution in [2.75, 3.05) is 32.3 Å². The van der Waals surface area contributed by atoms with Gasteiger partial charge in [-0.05, 0) is 48.5 Å². The number of rotatable bonds is 9. The maximum absolute atomic E-state index is 13.4. The Balaban J connectivity index is 1.54. The molecule has 34 heavy (non-hydrogen) atoms. The number of methoxy groups -OCH3 is 2. The largest absolute Gasteiger partial charge is 0.493 e. The summed E-state index contributed by atoms with van der Waals surface area (Å²) in [5.74, 6) is 0.516. The van der Waals surface area contributed by atoms with Crippen molar-refractivity contribution in [3.8, 4) is 17.2 Å². The highest BCUT2D eigenvalue weighted by Gasteiger charge is 2.50. The molecule has 1 aliphatic heterocycles. The molecule has 0 saturated carbocycles. The molecule has 1 unspecified atom stereocenters. The molecule has 1 atom stereocenters. The van der Waals surface area contributed by atoms with Crippen LogP contribution in [0.1, 0.15) is 22.3 Å². The van der Waals surface area contributed by atoms with Crippen LogP contribution in [0, 0.1) is 0 Å². The fourth-order valence-electron chi connectivity index (χ4n) is 4.03. The smallest absolute Gasteiger partial charge is 0.264 e. The molecule has 8 heteroatoms. The van der Waals surface area contributed by atoms with Crippen LogP contribution in [0.25, 0.3) is 0 Å². The quantitative estimate of drug-likeness (QED) is 0.460. The van der Waals surface area contributed by atoms with Gasteiger partial charge in [0.05, 0.1) is 32.9 Å². The molecule has 0 spiro atoms. The molecular formula is C26H24ClNO6. The third-order valence-corrected chi connectivity index (χ3v) is 6.01. The van der Waals surface area contributed by atoms with Crippen molar-refractivity contribution in [1.82, 2.24) is 0 Å². The van der Waals surface area contributed by atoms with E-state index < -0.39 is 23.7 Å². The Bertz CT molecular complexity index is 1210. The minimum absolute atomic E-state index is 0.196. The first kappa shape index (κ1) is 23.6. The Morgan fingerprint density at radius 1 is 1.00 bits per heavy atom. The molecule has 3 aromatic rings. The van der Waals surface area contributed by atoms with Gasteiger partial charge in [0.1, 0.15) is 12.4 Å². The van der Waals surface area contributed by atoms with Crippen molar-refractivity contribution in [2.24, 2.45) is 0 Å². The summed E-state index contributed by atoms with van der Waals surface area (Å²) in [7, 11) is 2.97. The highest BCUT2D eigenvalue weighted by atomic mass is 35.5. The number of aliphatic hydroxyl groups is 1. The van der Waals surface area contributed by atoms with E-state index in [4.69, 9.17) is 25.8 Å². The van der Waals surface area contributed by atoms with Crippen LogP contribution in [0.15, 0.2) is 66.7 Å². The van der Waals surface area contributed by atoms with E-state index in [9.17, 15) is 14.7 Å². The maximum atomic E-state index is 13.4. The van der Waals surface area contributed by atoms with Crippen molar-refractivity contribution in [1.29, 1.82) is 0 Å². The predicted molar refractivity (Wildman–Crippen MR) is 128 cm³/mol. The number of benzene rings is 3. The molecule has 0 aliphatic carbocycles. The molecule has 3 aromatic carbocycles. The standard InChI is InChI=1S/C26H24ClNO6/c1-32-23-12-7-17(15-24(23)33-2)22(29)16-26(31)20-5-3-4-6-21(20)28(25(26)30)13-14-34-19-10-8-18(27)9-11-19/h3-12,15,31H,13-14,16H2,1-2H3. The van der Waals surface area contributed by atoms with E-state index >= 15 is 0 Å². The molecule has 1 N–H and O–H groups in total. The average Bonchev–Trinajstić information content (AvgIpc) is 3.06. The molecule has 176 valence electrons. The van der Waals surface area contributed by atoms with Crippen molar-refractivity contribution in [3.63, 3.8) is 0 Å². The molecule has 0 bridgehead atoms. The Kier molecular flexibility index (Phi) is 6.77. The molecule has 1 heterocycles. The second kappa shape index (κ2) is 9.75. The van der Waals surface area contributed by atoms with Crippen molar-refractivity contribution < 1.29 is 28.9 Å². The summed E-state index contributed by atoms with van der Waals surface area (Å²) in [5.41, 5.74) is -0.739. The number of hydrogen-bond acceptors (Lipinski definition) is 6. The van der Waals surface area contributed by atoms with Gasteiger partial charge in [-0.1, -0.05) is 29.8 Å². The van der Waals surface area contributed by atoms with Gasteiger partial charge >= 0.3 is 0 Å². The third kappa shape index (κ3) is 4.44. The highest BCUT2D eigenvalue weighted by Crippen LogP contribution is 2.43. The number of carbonyl (C=O) groups is 2. The van der Waals surface area contributed by atoms with Crippen molar-refractivity contribution in [3.05, 3.63) is 82.9 Å². The number of amides is 1. The van der Waals surface area contributed by atoms with Crippen LogP contribution < -0.4 is 19.1 Å². The number of fused-ring (bicyclic) bond motifs is 1. The first-order chi connectivity index (χ1) is 16.4. The summed E-state index contributed by atoms with van der Waals surface area (Å²) < 4.78 is 16.2. The van der Waals surface area contributed by atoms with E-state index in [-0.39, 0.29) is 13.2 Å². The molecule has 7 nitrogen and oxygen atoms in total. The van der Waals surface area contributed by atoms with E-state index in [2.05, 4.69) is 0 Å². The van der Waals surface area contributed by atoms with E-state index in [0.29, 0.717) is 39.1 Å². The minimum Gasteiger partial charge on any atom is -0.493 e. The molecule has 4 rings (SSSR count). The van der Waals surface area contributed by atoms with E-state index in [1.54, 1.807) is 60.7 Å². The second-order valence-electron chi connectivity index (χ2n) is 7.81. The zero-order valence-electron chi connectivity index (χ0n) is 18.8. The van der Waals surface area contributed by atoms with Gasteiger partial charge in [-0.3, -0.25) is 9.59 Å². The van der Waals surface area contributed by atoms with Crippen LogP contribution in [-0.4, -0.2) is 44.2 Å². The number of nitrogens with zero attached hydrogens (tertiary/aromatic N) is 1. The summed E-state index contributed by atoms with van der Waals surface area (Å²) in [5, 5.41) is 12.1. The summed E-state index contributed by atoms with van der Waals surface area (Å²) in [6, 6.07) is 18.5. The summed E-state index contributed by atoms with van der Waals surface area (Å²) in [6.07, 6.45) is -0.410. The van der Waals surface area contributed by atoms with Gasteiger partial charge in [0.2, 0.25) is 0 Å². The number of halogens is 1. The zero-order chi connectivity index (χ0) is 24.3. The average molecular weight is 482 g/mol. The second-order valence-corrected chi connectivity index (χ2v) is 8.24. The molecule has 1 amide bonds. The molecule has 1 aliphatic rings. The normalized spacial score (nSPS) is 16.8. The number of hydrogen-bond donors (Lipinski definition) is 1. The first-order valence-corrected chi connectivity index (χ1v) is 11.0. The molecular weight excluding hydrogens is 458 g/mol. The van der Waals surface area contributed by atoms with E-state index in [1.807, 2.05) is 0 Å². The Labute approximate surface area is 202 Å². The zero-order valence-corrected chi connectivity index (χ0v) is 19.5. The van der Waals surface area contributed by atoms with Crippen molar-refractivity contribution >= 4 is 29.0 Å². The lowest BCUT2D eigenvalue weighted by Crippen LogP contribution is -2.43. The van der Waals surface area contributed by atoms with Crippen LogP contribution in [0.4, 0.5) is 5.69 Å². The van der Waals surface area contributed by atoms with Gasteiger partial charge in [0.15, 0.2) is 22.9 Å². The molecule has 0 saturated heterocycles. The molecule has 0 radical (unpaired) electrons. The lowest BCUT2D eigenvalue weighted by molar-refractivity contribution is -0.135. The van der Waals surface area contributed by atoms with E-state index in [1.165, 1.54) is 25.2 Å². The first-order valence-electron chi connectivity index (χ1n) is 10.6. The van der Waals surface area contributed by atoms with Crippen LogP contribution in [0.5, 0.6) is 17.2 Å². The molecule has 0 fully saturated rings. The summed E-state index contributed by atoms with van der Waals surface area (Å²) in [6.45, 7) is 0.396. The molecule has 0 aromatic heterocycles. The Hall–Kier alpha value is -3.55. The topological polar surface area (TPSA) is 85.3 Å². The van der Waals surface area contributed by atoms with Crippen molar-refractivity contribution in [2.45, 2.75) is 12.0 Å². The fourth-order valence-corrected chi connectivity index (χ4v) is 4.16. The Morgan fingerprint density at radius 3 is 2.41 bits per heavy atom. The van der Waals surface area contributed by atoms with Gasteiger partial charge in [-0.25, -0.2) is 0 Å². The number of ketones is 1.